The molecule has 1 saturated heterocycles. The van der Waals surface area contributed by atoms with E-state index in [2.05, 4.69) is 15.3 Å². The van der Waals surface area contributed by atoms with Crippen LogP contribution in [-0.4, -0.2) is 41.3 Å². The van der Waals surface area contributed by atoms with E-state index in [1.54, 1.807) is 0 Å². The molecule has 14 heteroatoms. The van der Waals surface area contributed by atoms with Gasteiger partial charge in [0.05, 0.1) is 12.1 Å². The number of nitrogens with two attached hydrogens (primary N) is 1. The number of aromatic nitrogens is 2. The van der Waals surface area contributed by atoms with Gasteiger partial charge in [-0.3, -0.25) is 0 Å². The fraction of sp³-hybridized carbons (Fsp3) is 0.474. The van der Waals surface area contributed by atoms with Gasteiger partial charge in [0.2, 0.25) is 0 Å². The topological polar surface area (TPSA) is 76.3 Å². The summed E-state index contributed by atoms with van der Waals surface area (Å²) >= 11 is 0. The van der Waals surface area contributed by atoms with Gasteiger partial charge in [0.1, 0.15) is 5.69 Å². The number of halogens is 8. The number of benzene rings is 1. The molecular formula is C19H19F8N5O. The molecule has 3 rings (SSSR count). The highest BCUT2D eigenvalue weighted by Gasteiger charge is 2.41. The minimum atomic E-state index is -4.77. The highest BCUT2D eigenvalue weighted by Crippen LogP contribution is 2.37. The second kappa shape index (κ2) is 8.71. The smallest absolute Gasteiger partial charge is 0.425 e. The van der Waals surface area contributed by atoms with E-state index in [4.69, 9.17) is 10.5 Å². The van der Waals surface area contributed by atoms with Crippen LogP contribution in [0.15, 0.2) is 24.3 Å². The molecule has 33 heavy (non-hydrogen) atoms. The van der Waals surface area contributed by atoms with Crippen molar-refractivity contribution in [1.29, 1.82) is 0 Å². The first-order valence-electron chi connectivity index (χ1n) is 9.60. The van der Waals surface area contributed by atoms with Gasteiger partial charge in [-0.05, 0) is 18.6 Å². The number of nitrogens with one attached hydrogen (secondary N) is 1. The Morgan fingerprint density at radius 2 is 1.82 bits per heavy atom. The fourth-order valence-corrected chi connectivity index (χ4v) is 3.14. The van der Waals surface area contributed by atoms with E-state index in [0.29, 0.717) is 6.92 Å². The quantitative estimate of drug-likeness (QED) is 0.569. The molecule has 6 nitrogen and oxygen atoms in total. The van der Waals surface area contributed by atoms with Gasteiger partial charge in [-0.2, -0.15) is 36.3 Å². The third-order valence-corrected chi connectivity index (χ3v) is 4.89. The third-order valence-electron chi connectivity index (χ3n) is 4.89. The van der Waals surface area contributed by atoms with E-state index in [0.717, 1.165) is 11.0 Å². The first kappa shape index (κ1) is 24.6. The van der Waals surface area contributed by atoms with Gasteiger partial charge >= 0.3 is 18.4 Å². The lowest BCUT2D eigenvalue weighted by Crippen LogP contribution is -2.32. The van der Waals surface area contributed by atoms with Crippen molar-refractivity contribution in [2.45, 2.75) is 44.3 Å². The zero-order valence-electron chi connectivity index (χ0n) is 17.1. The van der Waals surface area contributed by atoms with Crippen LogP contribution < -0.4 is 20.7 Å². The standard InChI is InChI=1S/C19H19F8N5O/c1-10(18(22,23)24)33-16-30-14(13(28)15(31-16)32-7-6-17(20,21)9-32)29-8-11-4-2-3-5-12(11)19(25,26)27/h2-5,10H,6-9,28H2,1H3,(H,29,30,31)/t10-/m0/s1. The lowest BCUT2D eigenvalue weighted by molar-refractivity contribution is -0.190. The molecule has 0 spiro atoms. The molecule has 0 saturated carbocycles. The lowest BCUT2D eigenvalue weighted by atomic mass is 10.1. The summed E-state index contributed by atoms with van der Waals surface area (Å²) in [6.45, 7) is -0.755. The van der Waals surface area contributed by atoms with E-state index in [1.807, 2.05) is 0 Å². The third kappa shape index (κ3) is 5.85. The maximum atomic E-state index is 13.7. The van der Waals surface area contributed by atoms with Gasteiger partial charge in [0.15, 0.2) is 17.7 Å². The molecule has 1 fully saturated rings. The van der Waals surface area contributed by atoms with Crippen molar-refractivity contribution in [3.8, 4) is 6.01 Å². The summed E-state index contributed by atoms with van der Waals surface area (Å²) in [5, 5.41) is 2.53. The lowest BCUT2D eigenvalue weighted by Gasteiger charge is -2.23. The minimum absolute atomic E-state index is 0.191. The van der Waals surface area contributed by atoms with Gasteiger partial charge in [0.25, 0.3) is 5.92 Å². The zero-order chi connectivity index (χ0) is 24.6. The summed E-state index contributed by atoms with van der Waals surface area (Å²) in [6, 6.07) is 3.80. The van der Waals surface area contributed by atoms with Gasteiger partial charge in [-0.15, -0.1) is 0 Å². The van der Waals surface area contributed by atoms with Gasteiger partial charge in [-0.1, -0.05) is 18.2 Å². The summed E-state index contributed by atoms with van der Waals surface area (Å²) < 4.78 is 110. The summed E-state index contributed by atoms with van der Waals surface area (Å²) in [5.41, 5.74) is 4.51. The first-order valence-corrected chi connectivity index (χ1v) is 9.60. The van der Waals surface area contributed by atoms with Crippen molar-refractivity contribution in [3.63, 3.8) is 0 Å². The van der Waals surface area contributed by atoms with E-state index in [1.165, 1.54) is 18.2 Å². The van der Waals surface area contributed by atoms with Gasteiger partial charge in [-0.25, -0.2) is 8.78 Å². The zero-order valence-corrected chi connectivity index (χ0v) is 17.1. The Morgan fingerprint density at radius 1 is 1.15 bits per heavy atom. The van der Waals surface area contributed by atoms with Crippen LogP contribution in [0.1, 0.15) is 24.5 Å². The molecule has 0 amide bonds. The van der Waals surface area contributed by atoms with Crippen molar-refractivity contribution in [1.82, 2.24) is 9.97 Å². The van der Waals surface area contributed by atoms with Crippen LogP contribution in [-0.2, 0) is 12.7 Å². The molecule has 1 aromatic heterocycles. The number of ether oxygens (including phenoxy) is 1. The number of anilines is 3. The number of nitrogen functional groups attached to an aromatic ring is 1. The highest BCUT2D eigenvalue weighted by atomic mass is 19.4. The summed E-state index contributed by atoms with van der Waals surface area (Å²) in [7, 11) is 0. The summed E-state index contributed by atoms with van der Waals surface area (Å²) in [6.07, 6.45) is -12.3. The van der Waals surface area contributed by atoms with Crippen LogP contribution in [0, 0.1) is 0 Å². The molecule has 0 unspecified atom stereocenters. The monoisotopic (exact) mass is 485 g/mol. The van der Waals surface area contributed by atoms with E-state index < -0.39 is 55.5 Å². The Kier molecular flexibility index (Phi) is 6.48. The minimum Gasteiger partial charge on any atom is -0.451 e. The first-order chi connectivity index (χ1) is 15.2. The Balaban J connectivity index is 1.95. The summed E-state index contributed by atoms with van der Waals surface area (Å²) in [4.78, 5) is 8.55. The Labute approximate surface area is 182 Å². The number of hydrogen-bond acceptors (Lipinski definition) is 6. The van der Waals surface area contributed by atoms with Gasteiger partial charge < -0.3 is 20.7 Å². The fourth-order valence-electron chi connectivity index (χ4n) is 3.14. The molecule has 1 aliphatic heterocycles. The van der Waals surface area contributed by atoms with Crippen molar-refractivity contribution in [2.75, 3.05) is 29.0 Å². The molecule has 1 atom stereocenters. The number of nitrogens with zero attached hydrogens (tertiary/aromatic N) is 3. The predicted molar refractivity (Wildman–Crippen MR) is 103 cm³/mol. The molecule has 1 aliphatic rings. The second-order valence-corrected chi connectivity index (χ2v) is 7.43. The van der Waals surface area contributed by atoms with Gasteiger partial charge in [0, 0.05) is 19.5 Å². The van der Waals surface area contributed by atoms with Crippen molar-refractivity contribution in [2.24, 2.45) is 0 Å². The maximum Gasteiger partial charge on any atom is 0.425 e. The van der Waals surface area contributed by atoms with Crippen LogP contribution in [0.25, 0.3) is 0 Å². The molecule has 182 valence electrons. The molecule has 2 heterocycles. The van der Waals surface area contributed by atoms with E-state index in [-0.39, 0.29) is 29.4 Å². The summed E-state index contributed by atoms with van der Waals surface area (Å²) in [5.74, 6) is -3.73. The van der Waals surface area contributed by atoms with Crippen LogP contribution in [0.2, 0.25) is 0 Å². The number of alkyl halides is 8. The average molecular weight is 485 g/mol. The van der Waals surface area contributed by atoms with Crippen molar-refractivity contribution >= 4 is 17.3 Å². The van der Waals surface area contributed by atoms with E-state index in [9.17, 15) is 35.1 Å². The molecular weight excluding hydrogens is 466 g/mol. The number of hydrogen-bond donors (Lipinski definition) is 2. The van der Waals surface area contributed by atoms with Crippen LogP contribution in [0.3, 0.4) is 0 Å². The second-order valence-electron chi connectivity index (χ2n) is 7.43. The average Bonchev–Trinajstić information content (AvgIpc) is 3.06. The Morgan fingerprint density at radius 3 is 2.39 bits per heavy atom. The Hall–Kier alpha value is -3.06. The maximum absolute atomic E-state index is 13.7. The van der Waals surface area contributed by atoms with Crippen molar-refractivity contribution in [3.05, 3.63) is 35.4 Å². The molecule has 2 aromatic rings. The molecule has 0 radical (unpaired) electrons. The van der Waals surface area contributed by atoms with Crippen LogP contribution in [0.4, 0.5) is 52.4 Å². The largest absolute Gasteiger partial charge is 0.451 e. The SMILES string of the molecule is C[C@H](Oc1nc(NCc2ccccc2C(F)(F)F)c(N)c(N2CCC(F)(F)C2)n1)C(F)(F)F. The van der Waals surface area contributed by atoms with Crippen LogP contribution >= 0.6 is 0 Å². The molecule has 0 bridgehead atoms. The normalized spacial score (nSPS) is 17.2. The molecule has 0 aliphatic carbocycles. The molecule has 3 N–H and O–H groups in total. The molecule has 1 aromatic carbocycles. The highest BCUT2D eigenvalue weighted by molar-refractivity contribution is 5.76. The predicted octanol–water partition coefficient (Wildman–Crippen LogP) is 4.86. The van der Waals surface area contributed by atoms with E-state index >= 15 is 0 Å². The van der Waals surface area contributed by atoms with Crippen LogP contribution in [0.5, 0.6) is 6.01 Å². The number of rotatable bonds is 6. The Bertz CT molecular complexity index is 995. The van der Waals surface area contributed by atoms with Crippen molar-refractivity contribution < 1.29 is 39.9 Å².